The topological polar surface area (TPSA) is 87.0 Å². The molecule has 1 saturated carbocycles. The van der Waals surface area contributed by atoms with E-state index in [1.165, 1.54) is 0 Å². The molecule has 0 radical (unpaired) electrons. The van der Waals surface area contributed by atoms with Gasteiger partial charge in [0.2, 0.25) is 0 Å². The summed E-state index contributed by atoms with van der Waals surface area (Å²) < 4.78 is 34.6. The third kappa shape index (κ3) is 9.28. The van der Waals surface area contributed by atoms with Crippen LogP contribution in [0.2, 0.25) is 0 Å². The SMILES string of the molecule is CCCCC(F)(F)C(O)C=C[C@@H]1[C@@H](CC=CCCCC(=O)O)[C@@H](O)C[C@H]1OCc1ccccc1. The average molecular weight is 481 g/mol. The van der Waals surface area contributed by atoms with Crippen molar-refractivity contribution in [3.8, 4) is 0 Å². The van der Waals surface area contributed by atoms with Crippen molar-refractivity contribution in [3.63, 3.8) is 0 Å². The standard InChI is InChI=1S/C27H38F2O5/c1-2-3-17-27(28,29)25(31)16-15-22-21(13-9-4-5-10-14-26(32)33)23(30)18-24(22)34-19-20-11-7-6-8-12-20/h4,6-9,11-12,15-16,21-25,30-31H,2-3,5,10,13-14,17-19H2,1H3,(H,32,33)/t21-,22-,23+,24-,25?/m1/s1. The van der Waals surface area contributed by atoms with Crippen molar-refractivity contribution in [1.82, 2.24) is 0 Å². The van der Waals surface area contributed by atoms with E-state index in [9.17, 15) is 23.8 Å². The minimum Gasteiger partial charge on any atom is -0.481 e. The number of rotatable bonds is 15. The van der Waals surface area contributed by atoms with E-state index in [4.69, 9.17) is 9.84 Å². The Labute approximate surface area is 201 Å². The molecule has 1 aliphatic carbocycles. The van der Waals surface area contributed by atoms with Crippen LogP contribution in [0, 0.1) is 11.8 Å². The van der Waals surface area contributed by atoms with Gasteiger partial charge in [0, 0.05) is 25.2 Å². The highest BCUT2D eigenvalue weighted by Crippen LogP contribution is 2.39. The van der Waals surface area contributed by atoms with Gasteiger partial charge in [-0.1, -0.05) is 68.0 Å². The van der Waals surface area contributed by atoms with Crippen LogP contribution >= 0.6 is 0 Å². The third-order valence-corrected chi connectivity index (χ3v) is 6.35. The van der Waals surface area contributed by atoms with Gasteiger partial charge in [-0.25, -0.2) is 8.78 Å². The van der Waals surface area contributed by atoms with E-state index < -0.39 is 24.1 Å². The highest BCUT2D eigenvalue weighted by molar-refractivity contribution is 5.66. The van der Waals surface area contributed by atoms with E-state index in [1.807, 2.05) is 49.4 Å². The minimum absolute atomic E-state index is 0.0985. The minimum atomic E-state index is -3.20. The van der Waals surface area contributed by atoms with Crippen LogP contribution in [-0.4, -0.2) is 45.5 Å². The zero-order valence-electron chi connectivity index (χ0n) is 19.9. The second kappa shape index (κ2) is 14.3. The first-order valence-corrected chi connectivity index (χ1v) is 12.2. The van der Waals surface area contributed by atoms with Crippen LogP contribution in [0.5, 0.6) is 0 Å². The summed E-state index contributed by atoms with van der Waals surface area (Å²) in [6.07, 6.45) is 6.32. The Hall–Kier alpha value is -2.09. The number of halogens is 2. The maximum atomic E-state index is 14.3. The molecule has 0 aliphatic heterocycles. The summed E-state index contributed by atoms with van der Waals surface area (Å²) in [6.45, 7) is 2.17. The molecule has 0 aromatic heterocycles. The lowest BCUT2D eigenvalue weighted by molar-refractivity contribution is -0.137. The summed E-state index contributed by atoms with van der Waals surface area (Å²) in [5.41, 5.74) is 0.979. The molecule has 5 atom stereocenters. The molecule has 2 rings (SSSR count). The molecule has 0 amide bonds. The fourth-order valence-electron chi connectivity index (χ4n) is 4.32. The van der Waals surface area contributed by atoms with Gasteiger partial charge < -0.3 is 20.1 Å². The number of aliphatic carboxylic acids is 1. The summed E-state index contributed by atoms with van der Waals surface area (Å²) in [7, 11) is 0. The molecule has 1 fully saturated rings. The number of ether oxygens (including phenoxy) is 1. The van der Waals surface area contributed by atoms with Crippen LogP contribution in [0.4, 0.5) is 8.78 Å². The lowest BCUT2D eigenvalue weighted by atomic mass is 9.89. The number of carboxylic acid groups (broad SMARTS) is 1. The molecule has 0 heterocycles. The number of hydrogen-bond donors (Lipinski definition) is 3. The third-order valence-electron chi connectivity index (χ3n) is 6.35. The Morgan fingerprint density at radius 2 is 1.97 bits per heavy atom. The summed E-state index contributed by atoms with van der Waals surface area (Å²) in [5, 5.41) is 29.6. The van der Waals surface area contributed by atoms with Gasteiger partial charge in [-0.15, -0.1) is 0 Å². The van der Waals surface area contributed by atoms with E-state index in [1.54, 1.807) is 6.08 Å². The molecule has 7 heteroatoms. The maximum Gasteiger partial charge on any atom is 0.303 e. The van der Waals surface area contributed by atoms with E-state index in [-0.39, 0.29) is 30.8 Å². The van der Waals surface area contributed by atoms with Gasteiger partial charge in [-0.2, -0.15) is 0 Å². The zero-order chi connectivity index (χ0) is 25.0. The largest absolute Gasteiger partial charge is 0.481 e. The number of carboxylic acids is 1. The van der Waals surface area contributed by atoms with Gasteiger partial charge in [0.15, 0.2) is 0 Å². The molecule has 34 heavy (non-hydrogen) atoms. The van der Waals surface area contributed by atoms with Gasteiger partial charge in [-0.3, -0.25) is 4.79 Å². The predicted octanol–water partition coefficient (Wildman–Crippen LogP) is 5.51. The van der Waals surface area contributed by atoms with Crippen molar-refractivity contribution in [2.45, 2.75) is 89.1 Å². The number of allylic oxidation sites excluding steroid dienone is 2. The fourth-order valence-corrected chi connectivity index (χ4v) is 4.32. The number of alkyl halides is 2. The molecular weight excluding hydrogens is 442 g/mol. The van der Waals surface area contributed by atoms with Crippen LogP contribution in [0.25, 0.3) is 0 Å². The van der Waals surface area contributed by atoms with Crippen molar-refractivity contribution in [2.75, 3.05) is 0 Å². The fraction of sp³-hybridized carbons (Fsp3) is 0.593. The Kier molecular flexibility index (Phi) is 11.9. The Morgan fingerprint density at radius 1 is 1.24 bits per heavy atom. The quantitative estimate of drug-likeness (QED) is 0.228. The van der Waals surface area contributed by atoms with Gasteiger partial charge in [0.1, 0.15) is 6.10 Å². The van der Waals surface area contributed by atoms with Crippen LogP contribution in [-0.2, 0) is 16.1 Å². The van der Waals surface area contributed by atoms with E-state index >= 15 is 0 Å². The van der Waals surface area contributed by atoms with Crippen molar-refractivity contribution >= 4 is 5.97 Å². The molecular formula is C27H38F2O5. The first kappa shape index (κ1) is 28.1. The number of aliphatic hydroxyl groups is 2. The van der Waals surface area contributed by atoms with Gasteiger partial charge in [0.25, 0.3) is 5.92 Å². The molecule has 1 aliphatic rings. The molecule has 1 aromatic rings. The highest BCUT2D eigenvalue weighted by Gasteiger charge is 2.42. The van der Waals surface area contributed by atoms with Crippen molar-refractivity contribution < 1.29 is 33.6 Å². The molecule has 1 unspecified atom stereocenters. The molecule has 0 saturated heterocycles. The lowest BCUT2D eigenvalue weighted by Gasteiger charge is -2.24. The first-order valence-electron chi connectivity index (χ1n) is 12.2. The van der Waals surface area contributed by atoms with Crippen LogP contribution in [0.15, 0.2) is 54.6 Å². The summed E-state index contributed by atoms with van der Waals surface area (Å²) in [4.78, 5) is 10.6. The molecule has 190 valence electrons. The van der Waals surface area contributed by atoms with Crippen molar-refractivity contribution in [2.24, 2.45) is 11.8 Å². The Morgan fingerprint density at radius 3 is 2.65 bits per heavy atom. The van der Waals surface area contributed by atoms with Gasteiger partial charge in [-0.05, 0) is 37.2 Å². The smallest absolute Gasteiger partial charge is 0.303 e. The normalized spacial score (nSPS) is 24.3. The zero-order valence-corrected chi connectivity index (χ0v) is 19.9. The lowest BCUT2D eigenvalue weighted by Crippen LogP contribution is -2.32. The number of hydrogen-bond acceptors (Lipinski definition) is 4. The average Bonchev–Trinajstić information content (AvgIpc) is 3.11. The Balaban J connectivity index is 2.08. The Bertz CT molecular complexity index is 780. The molecule has 3 N–H and O–H groups in total. The summed E-state index contributed by atoms with van der Waals surface area (Å²) >= 11 is 0. The van der Waals surface area contributed by atoms with E-state index in [0.717, 1.165) is 11.6 Å². The molecule has 0 bridgehead atoms. The van der Waals surface area contributed by atoms with Gasteiger partial charge in [0.05, 0.1) is 18.8 Å². The molecule has 0 spiro atoms. The van der Waals surface area contributed by atoms with Crippen molar-refractivity contribution in [3.05, 3.63) is 60.2 Å². The highest BCUT2D eigenvalue weighted by atomic mass is 19.3. The second-order valence-electron chi connectivity index (χ2n) is 9.07. The van der Waals surface area contributed by atoms with Crippen molar-refractivity contribution in [1.29, 1.82) is 0 Å². The van der Waals surface area contributed by atoms with Crippen LogP contribution in [0.3, 0.4) is 0 Å². The van der Waals surface area contributed by atoms with Gasteiger partial charge >= 0.3 is 5.97 Å². The molecule has 5 nitrogen and oxygen atoms in total. The number of carbonyl (C=O) groups is 1. The number of unbranched alkanes of at least 4 members (excludes halogenated alkanes) is 2. The summed E-state index contributed by atoms with van der Waals surface area (Å²) in [6, 6.07) is 9.60. The van der Waals surface area contributed by atoms with E-state index in [0.29, 0.717) is 45.1 Å². The monoisotopic (exact) mass is 480 g/mol. The number of aliphatic hydroxyl groups excluding tert-OH is 2. The first-order chi connectivity index (χ1) is 16.2. The van der Waals surface area contributed by atoms with Crippen LogP contribution < -0.4 is 0 Å². The molecule has 1 aromatic carbocycles. The maximum absolute atomic E-state index is 14.3. The van der Waals surface area contributed by atoms with E-state index in [2.05, 4.69) is 0 Å². The second-order valence-corrected chi connectivity index (χ2v) is 9.07. The van der Waals surface area contributed by atoms with Crippen LogP contribution in [0.1, 0.15) is 63.9 Å². The predicted molar refractivity (Wildman–Crippen MR) is 127 cm³/mol. The summed E-state index contributed by atoms with van der Waals surface area (Å²) in [5.74, 6) is -4.62. The number of benzene rings is 1.